The Balaban J connectivity index is 4.10. The van der Waals surface area contributed by atoms with Crippen LogP contribution in [0.1, 0.15) is 219 Å². The van der Waals surface area contributed by atoms with Gasteiger partial charge < -0.3 is 21.7 Å². The molecular weight excluding hydrogens is 615 g/mol. The van der Waals surface area contributed by atoms with Gasteiger partial charge in [0.1, 0.15) is 0 Å². The van der Waals surface area contributed by atoms with Gasteiger partial charge in [0.15, 0.2) is 0 Å². The molecule has 6 nitrogen and oxygen atoms in total. The number of carbonyl (C=O) groups is 1. The number of carbonyl (C=O) groups excluding carboxylic acids is 1. The molecule has 0 aromatic heterocycles. The monoisotopic (exact) mass is 708 g/mol. The third-order valence-electron chi connectivity index (χ3n) is 10.7. The Labute approximate surface area is 314 Å². The zero-order valence-electron chi connectivity index (χ0n) is 34.4. The van der Waals surface area contributed by atoms with E-state index in [2.05, 4.69) is 29.0 Å². The molecule has 0 bridgehead atoms. The molecule has 0 rings (SSSR count). The van der Waals surface area contributed by atoms with Gasteiger partial charge in [-0.2, -0.15) is 0 Å². The van der Waals surface area contributed by atoms with E-state index in [0.717, 1.165) is 52.1 Å². The van der Waals surface area contributed by atoms with E-state index in [1.54, 1.807) is 0 Å². The van der Waals surface area contributed by atoms with Crippen molar-refractivity contribution in [3.63, 3.8) is 0 Å². The van der Waals surface area contributed by atoms with Gasteiger partial charge in [0.2, 0.25) is 5.91 Å². The highest BCUT2D eigenvalue weighted by Gasteiger charge is 2.13. The molecule has 300 valence electrons. The first kappa shape index (κ1) is 49.3. The van der Waals surface area contributed by atoms with Crippen LogP contribution in [0, 0.1) is 0 Å². The molecule has 0 aromatic carbocycles. The fourth-order valence-corrected chi connectivity index (χ4v) is 7.31. The van der Waals surface area contributed by atoms with Gasteiger partial charge >= 0.3 is 0 Å². The molecule has 0 spiro atoms. The van der Waals surface area contributed by atoms with Gasteiger partial charge in [0.25, 0.3) is 0 Å². The Morgan fingerprint density at radius 3 is 0.960 bits per heavy atom. The maximum absolute atomic E-state index is 13.2. The van der Waals surface area contributed by atoms with E-state index in [-0.39, 0.29) is 5.91 Å². The van der Waals surface area contributed by atoms with Crippen LogP contribution >= 0.6 is 0 Å². The summed E-state index contributed by atoms with van der Waals surface area (Å²) in [5, 5.41) is 3.41. The third-order valence-corrected chi connectivity index (χ3v) is 10.7. The average Bonchev–Trinajstić information content (AvgIpc) is 3.12. The molecule has 0 fully saturated rings. The quantitative estimate of drug-likeness (QED) is 0.0549. The van der Waals surface area contributed by atoms with Crippen LogP contribution in [0.3, 0.4) is 0 Å². The summed E-state index contributed by atoms with van der Waals surface area (Å²) in [6.07, 6.45) is 44.2. The first-order valence-electron chi connectivity index (χ1n) is 22.8. The van der Waals surface area contributed by atoms with Gasteiger partial charge in [0, 0.05) is 52.4 Å². The Hall–Kier alpha value is -0.690. The molecule has 0 unspecified atom stereocenters. The number of nitrogens with two attached hydrogens (primary N) is 2. The summed E-state index contributed by atoms with van der Waals surface area (Å²) >= 11 is 0. The molecule has 0 saturated heterocycles. The zero-order valence-corrected chi connectivity index (χ0v) is 34.4. The Kier molecular flexibility index (Phi) is 42.1. The number of hydrogen-bond acceptors (Lipinski definition) is 5. The summed E-state index contributed by atoms with van der Waals surface area (Å²) in [7, 11) is 0. The summed E-state index contributed by atoms with van der Waals surface area (Å²) in [5.41, 5.74) is 11.5. The van der Waals surface area contributed by atoms with E-state index in [9.17, 15) is 4.79 Å². The van der Waals surface area contributed by atoms with Crippen molar-refractivity contribution >= 4 is 5.91 Å². The fraction of sp³-hybridized carbons (Fsp3) is 0.977. The Bertz CT molecular complexity index is 606. The minimum atomic E-state index is 0.274. The predicted octanol–water partition coefficient (Wildman–Crippen LogP) is 11.1. The van der Waals surface area contributed by atoms with Crippen LogP contribution in [-0.4, -0.2) is 74.6 Å². The molecule has 0 saturated carbocycles. The van der Waals surface area contributed by atoms with Crippen LogP contribution in [0.25, 0.3) is 0 Å². The molecule has 0 atom stereocenters. The maximum Gasteiger partial charge on any atom is 0.236 e. The summed E-state index contributed by atoms with van der Waals surface area (Å²) in [5.74, 6) is 0.274. The number of nitrogens with one attached hydrogen (secondary N) is 1. The van der Waals surface area contributed by atoms with E-state index in [0.29, 0.717) is 19.6 Å². The first-order chi connectivity index (χ1) is 24.7. The minimum absolute atomic E-state index is 0.274. The second-order valence-corrected chi connectivity index (χ2v) is 15.6. The van der Waals surface area contributed by atoms with Crippen molar-refractivity contribution in [2.24, 2.45) is 11.5 Å². The molecule has 0 heterocycles. The minimum Gasteiger partial charge on any atom is -0.342 e. The lowest BCUT2D eigenvalue weighted by molar-refractivity contribution is -0.130. The van der Waals surface area contributed by atoms with Gasteiger partial charge in [-0.15, -0.1) is 0 Å². The lowest BCUT2D eigenvalue weighted by atomic mass is 10.0. The van der Waals surface area contributed by atoms with Crippen LogP contribution in [0.4, 0.5) is 0 Å². The Morgan fingerprint density at radius 1 is 0.400 bits per heavy atom. The van der Waals surface area contributed by atoms with Crippen LogP contribution in [0.15, 0.2) is 0 Å². The van der Waals surface area contributed by atoms with Crippen LogP contribution in [0.2, 0.25) is 0 Å². The highest BCUT2D eigenvalue weighted by atomic mass is 16.2. The van der Waals surface area contributed by atoms with Gasteiger partial charge in [-0.1, -0.05) is 206 Å². The number of amides is 1. The molecule has 50 heavy (non-hydrogen) atoms. The van der Waals surface area contributed by atoms with E-state index < -0.39 is 0 Å². The molecule has 0 aromatic rings. The second kappa shape index (κ2) is 42.7. The summed E-state index contributed by atoms with van der Waals surface area (Å²) in [6.45, 7) is 11.6. The molecule has 0 aliphatic rings. The smallest absolute Gasteiger partial charge is 0.236 e. The number of rotatable bonds is 43. The zero-order chi connectivity index (χ0) is 36.4. The average molecular weight is 708 g/mol. The standard InChI is InChI=1S/C44H93N5O/c1-3-5-7-9-11-13-15-17-19-21-23-25-27-29-31-33-38-49(44(50)43-47-37-42-48(40-35-45)41-36-46)39-34-32-30-28-26-24-22-20-18-16-14-12-10-8-6-4-2/h47H,3-43,45-46H2,1-2H3. The van der Waals surface area contributed by atoms with Gasteiger partial charge in [-0.05, 0) is 12.8 Å². The largest absolute Gasteiger partial charge is 0.342 e. The van der Waals surface area contributed by atoms with Crippen LogP contribution in [0.5, 0.6) is 0 Å². The van der Waals surface area contributed by atoms with Crippen molar-refractivity contribution in [3.8, 4) is 0 Å². The second-order valence-electron chi connectivity index (χ2n) is 15.6. The lowest BCUT2D eigenvalue weighted by Gasteiger charge is -2.24. The van der Waals surface area contributed by atoms with Crippen molar-refractivity contribution in [1.82, 2.24) is 15.1 Å². The maximum atomic E-state index is 13.2. The molecule has 0 radical (unpaired) electrons. The molecule has 0 aliphatic heterocycles. The summed E-state index contributed by atoms with van der Waals surface area (Å²) in [6, 6.07) is 0. The lowest BCUT2D eigenvalue weighted by Crippen LogP contribution is -2.43. The molecule has 6 heteroatoms. The molecular formula is C44H93N5O. The van der Waals surface area contributed by atoms with E-state index in [1.165, 1.54) is 193 Å². The van der Waals surface area contributed by atoms with E-state index in [1.807, 2.05) is 0 Å². The van der Waals surface area contributed by atoms with Crippen LogP contribution < -0.4 is 16.8 Å². The highest BCUT2D eigenvalue weighted by molar-refractivity contribution is 5.78. The molecule has 0 aliphatic carbocycles. The van der Waals surface area contributed by atoms with Crippen molar-refractivity contribution < 1.29 is 4.79 Å². The van der Waals surface area contributed by atoms with Crippen molar-refractivity contribution in [2.45, 2.75) is 219 Å². The van der Waals surface area contributed by atoms with Crippen LogP contribution in [-0.2, 0) is 4.79 Å². The van der Waals surface area contributed by atoms with Crippen molar-refractivity contribution in [2.75, 3.05) is 58.9 Å². The molecule has 1 amide bonds. The number of unbranched alkanes of at least 4 members (excludes halogenated alkanes) is 30. The number of hydrogen-bond donors (Lipinski definition) is 3. The fourth-order valence-electron chi connectivity index (χ4n) is 7.31. The van der Waals surface area contributed by atoms with Crippen molar-refractivity contribution in [3.05, 3.63) is 0 Å². The highest BCUT2D eigenvalue weighted by Crippen LogP contribution is 2.16. The predicted molar refractivity (Wildman–Crippen MR) is 223 cm³/mol. The first-order valence-corrected chi connectivity index (χ1v) is 22.8. The number of nitrogens with zero attached hydrogens (tertiary/aromatic N) is 2. The van der Waals surface area contributed by atoms with E-state index >= 15 is 0 Å². The summed E-state index contributed by atoms with van der Waals surface area (Å²) < 4.78 is 0. The van der Waals surface area contributed by atoms with Gasteiger partial charge in [-0.3, -0.25) is 9.69 Å². The van der Waals surface area contributed by atoms with Gasteiger partial charge in [0.05, 0.1) is 6.54 Å². The summed E-state index contributed by atoms with van der Waals surface area (Å²) in [4.78, 5) is 17.7. The third kappa shape index (κ3) is 37.1. The van der Waals surface area contributed by atoms with E-state index in [4.69, 9.17) is 11.5 Å². The SMILES string of the molecule is CCCCCCCCCCCCCCCCCCN(CCCCCCCCCCCCCCCCCC)C(=O)CNCCN(CCN)CCN. The van der Waals surface area contributed by atoms with Gasteiger partial charge in [-0.25, -0.2) is 0 Å². The molecule has 5 N–H and O–H groups in total. The van der Waals surface area contributed by atoms with Crippen molar-refractivity contribution in [1.29, 1.82) is 0 Å². The topological polar surface area (TPSA) is 87.6 Å². The Morgan fingerprint density at radius 2 is 0.680 bits per heavy atom. The normalized spacial score (nSPS) is 11.6.